The Morgan fingerprint density at radius 2 is 1.85 bits per heavy atom. The third-order valence-corrected chi connectivity index (χ3v) is 4.68. The molecule has 2 aromatic carbocycles. The fraction of sp³-hybridized carbons (Fsp3) is 0.409. The van der Waals surface area contributed by atoms with Crippen molar-refractivity contribution in [3.8, 4) is 17.2 Å². The number of hydrogen-bond donors (Lipinski definition) is 1. The Labute approximate surface area is 160 Å². The first-order chi connectivity index (χ1) is 12.8. The molecule has 0 saturated heterocycles. The average molecular weight is 369 g/mol. The molecule has 1 N–H and O–H groups in total. The molecule has 0 spiro atoms. The van der Waals surface area contributed by atoms with E-state index in [4.69, 9.17) is 14.2 Å². The van der Waals surface area contributed by atoms with Crippen molar-refractivity contribution in [1.29, 1.82) is 0 Å². The van der Waals surface area contributed by atoms with E-state index in [1.807, 2.05) is 32.9 Å². The molecule has 5 nitrogen and oxygen atoms in total. The van der Waals surface area contributed by atoms with Crippen LogP contribution in [0.4, 0.5) is 0 Å². The molecule has 0 aromatic heterocycles. The minimum atomic E-state index is -0.613. The number of nitrogens with one attached hydrogen (secondary N) is 1. The van der Waals surface area contributed by atoms with Gasteiger partial charge in [0, 0.05) is 12.0 Å². The highest BCUT2D eigenvalue weighted by atomic mass is 16.5. The van der Waals surface area contributed by atoms with Crippen molar-refractivity contribution < 1.29 is 19.0 Å². The van der Waals surface area contributed by atoms with E-state index in [1.54, 1.807) is 38.3 Å². The van der Waals surface area contributed by atoms with Gasteiger partial charge < -0.3 is 19.5 Å². The number of rotatable bonds is 5. The van der Waals surface area contributed by atoms with Gasteiger partial charge in [0.15, 0.2) is 6.10 Å². The highest BCUT2D eigenvalue weighted by Gasteiger charge is 2.35. The van der Waals surface area contributed by atoms with Crippen molar-refractivity contribution >= 4 is 5.91 Å². The second-order valence-electron chi connectivity index (χ2n) is 7.60. The van der Waals surface area contributed by atoms with Crippen LogP contribution in [0.1, 0.15) is 44.4 Å². The molecular weight excluding hydrogens is 342 g/mol. The SMILES string of the molecule is COc1ccc(O[C@@H](C)C(=O)N[C@H]2CC(C)(C)Oc3ccc(C)cc32)cc1. The van der Waals surface area contributed by atoms with Crippen LogP contribution in [0.5, 0.6) is 17.2 Å². The first kappa shape index (κ1) is 19.1. The summed E-state index contributed by atoms with van der Waals surface area (Å²) in [4.78, 5) is 12.7. The molecular formula is C22H27NO4. The van der Waals surface area contributed by atoms with Gasteiger partial charge in [-0.3, -0.25) is 4.79 Å². The van der Waals surface area contributed by atoms with Crippen molar-refractivity contribution in [1.82, 2.24) is 5.32 Å². The van der Waals surface area contributed by atoms with E-state index in [9.17, 15) is 4.79 Å². The van der Waals surface area contributed by atoms with E-state index in [-0.39, 0.29) is 17.6 Å². The fourth-order valence-corrected chi connectivity index (χ4v) is 3.30. The minimum absolute atomic E-state index is 0.113. The summed E-state index contributed by atoms with van der Waals surface area (Å²) < 4.78 is 17.0. The Balaban J connectivity index is 1.71. The van der Waals surface area contributed by atoms with Crippen molar-refractivity contribution in [3.05, 3.63) is 53.6 Å². The number of benzene rings is 2. The summed E-state index contributed by atoms with van der Waals surface area (Å²) in [6.07, 6.45) is 0.0855. The van der Waals surface area contributed by atoms with Gasteiger partial charge in [-0.2, -0.15) is 0 Å². The Kier molecular flexibility index (Phi) is 5.31. The normalized spacial score (nSPS) is 18.6. The number of carbonyl (C=O) groups excluding carboxylic acids is 1. The maximum atomic E-state index is 12.7. The molecule has 0 unspecified atom stereocenters. The van der Waals surface area contributed by atoms with Crippen LogP contribution >= 0.6 is 0 Å². The molecule has 0 fully saturated rings. The fourth-order valence-electron chi connectivity index (χ4n) is 3.30. The smallest absolute Gasteiger partial charge is 0.261 e. The van der Waals surface area contributed by atoms with Gasteiger partial charge in [-0.25, -0.2) is 0 Å². The Bertz CT molecular complexity index is 814. The van der Waals surface area contributed by atoms with E-state index in [0.29, 0.717) is 12.2 Å². The molecule has 1 heterocycles. The molecule has 5 heteroatoms. The molecule has 0 saturated carbocycles. The molecule has 1 aliphatic heterocycles. The molecule has 0 aliphatic carbocycles. The Morgan fingerprint density at radius 1 is 1.19 bits per heavy atom. The predicted octanol–water partition coefficient (Wildman–Crippen LogP) is 4.19. The summed E-state index contributed by atoms with van der Waals surface area (Å²) in [5, 5.41) is 3.13. The Morgan fingerprint density at radius 3 is 2.52 bits per heavy atom. The highest BCUT2D eigenvalue weighted by molar-refractivity contribution is 5.81. The van der Waals surface area contributed by atoms with Crippen LogP contribution in [0.3, 0.4) is 0 Å². The van der Waals surface area contributed by atoms with Crippen LogP contribution in [0.25, 0.3) is 0 Å². The van der Waals surface area contributed by atoms with E-state index in [2.05, 4.69) is 11.4 Å². The van der Waals surface area contributed by atoms with Gasteiger partial charge in [-0.15, -0.1) is 0 Å². The second kappa shape index (κ2) is 7.51. The van der Waals surface area contributed by atoms with Gasteiger partial charge in [0.1, 0.15) is 22.8 Å². The standard InChI is InChI=1S/C22H27NO4/c1-14-6-11-20-18(12-14)19(13-22(3,4)27-20)23-21(24)15(2)26-17-9-7-16(25-5)8-10-17/h6-12,15,19H,13H2,1-5H3,(H,23,24)/t15-,19-/m0/s1. The van der Waals surface area contributed by atoms with Crippen molar-refractivity contribution in [2.75, 3.05) is 7.11 Å². The van der Waals surface area contributed by atoms with Gasteiger partial charge in [0.2, 0.25) is 0 Å². The summed E-state index contributed by atoms with van der Waals surface area (Å²) in [7, 11) is 1.61. The summed E-state index contributed by atoms with van der Waals surface area (Å²) in [6.45, 7) is 7.86. The first-order valence-corrected chi connectivity index (χ1v) is 9.18. The minimum Gasteiger partial charge on any atom is -0.497 e. The predicted molar refractivity (Wildman–Crippen MR) is 104 cm³/mol. The van der Waals surface area contributed by atoms with Gasteiger partial charge in [-0.05, 0) is 58.0 Å². The molecule has 0 radical (unpaired) electrons. The maximum absolute atomic E-state index is 12.7. The number of carbonyl (C=O) groups is 1. The number of amides is 1. The van der Waals surface area contributed by atoms with Crippen LogP contribution < -0.4 is 19.5 Å². The van der Waals surface area contributed by atoms with Crippen LogP contribution in [-0.2, 0) is 4.79 Å². The molecule has 1 amide bonds. The lowest BCUT2D eigenvalue weighted by Crippen LogP contribution is -2.44. The van der Waals surface area contributed by atoms with E-state index in [0.717, 1.165) is 22.6 Å². The second-order valence-corrected chi connectivity index (χ2v) is 7.60. The monoisotopic (exact) mass is 369 g/mol. The van der Waals surface area contributed by atoms with E-state index < -0.39 is 6.10 Å². The summed E-state index contributed by atoms with van der Waals surface area (Å²) >= 11 is 0. The van der Waals surface area contributed by atoms with Crippen LogP contribution in [-0.4, -0.2) is 24.7 Å². The van der Waals surface area contributed by atoms with Gasteiger partial charge >= 0.3 is 0 Å². The number of methoxy groups -OCH3 is 1. The lowest BCUT2D eigenvalue weighted by atomic mass is 9.89. The highest BCUT2D eigenvalue weighted by Crippen LogP contribution is 2.39. The summed E-state index contributed by atoms with van der Waals surface area (Å²) in [5.41, 5.74) is 1.80. The molecule has 2 aromatic rings. The Hall–Kier alpha value is -2.69. The molecule has 1 aliphatic rings. The van der Waals surface area contributed by atoms with Crippen LogP contribution in [0.15, 0.2) is 42.5 Å². The van der Waals surface area contributed by atoms with Gasteiger partial charge in [-0.1, -0.05) is 17.7 Å². The molecule has 3 rings (SSSR count). The van der Waals surface area contributed by atoms with Gasteiger partial charge in [0.05, 0.1) is 13.2 Å². The van der Waals surface area contributed by atoms with Crippen LogP contribution in [0, 0.1) is 6.92 Å². The number of fused-ring (bicyclic) bond motifs is 1. The number of aryl methyl sites for hydroxylation is 1. The largest absolute Gasteiger partial charge is 0.497 e. The van der Waals surface area contributed by atoms with Crippen molar-refractivity contribution in [2.24, 2.45) is 0 Å². The zero-order chi connectivity index (χ0) is 19.6. The zero-order valence-electron chi connectivity index (χ0n) is 16.5. The zero-order valence-corrected chi connectivity index (χ0v) is 16.5. The molecule has 0 bridgehead atoms. The van der Waals surface area contributed by atoms with Gasteiger partial charge in [0.25, 0.3) is 5.91 Å². The van der Waals surface area contributed by atoms with Crippen LogP contribution in [0.2, 0.25) is 0 Å². The number of ether oxygens (including phenoxy) is 3. The van der Waals surface area contributed by atoms with E-state index in [1.165, 1.54) is 0 Å². The third-order valence-electron chi connectivity index (χ3n) is 4.68. The molecule has 144 valence electrons. The number of hydrogen-bond acceptors (Lipinski definition) is 4. The topological polar surface area (TPSA) is 56.8 Å². The summed E-state index contributed by atoms with van der Waals surface area (Å²) in [5.74, 6) is 2.05. The maximum Gasteiger partial charge on any atom is 0.261 e. The lowest BCUT2D eigenvalue weighted by molar-refractivity contribution is -0.128. The lowest BCUT2D eigenvalue weighted by Gasteiger charge is -2.38. The van der Waals surface area contributed by atoms with E-state index >= 15 is 0 Å². The van der Waals surface area contributed by atoms with Crippen molar-refractivity contribution in [2.45, 2.75) is 51.9 Å². The average Bonchev–Trinajstić information content (AvgIpc) is 2.62. The summed E-state index contributed by atoms with van der Waals surface area (Å²) in [6, 6.07) is 13.1. The molecule has 27 heavy (non-hydrogen) atoms. The quantitative estimate of drug-likeness (QED) is 0.859. The third kappa shape index (κ3) is 4.54. The first-order valence-electron chi connectivity index (χ1n) is 9.18. The molecule has 2 atom stereocenters. The van der Waals surface area contributed by atoms with Crippen molar-refractivity contribution in [3.63, 3.8) is 0 Å².